The Morgan fingerprint density at radius 1 is 1.03 bits per heavy atom. The minimum Gasteiger partial charge on any atom is -0.375 e. The Morgan fingerprint density at radius 2 is 1.84 bits per heavy atom. The van der Waals surface area contributed by atoms with Gasteiger partial charge in [-0.2, -0.15) is 5.26 Å². The van der Waals surface area contributed by atoms with Crippen LogP contribution in [0.2, 0.25) is 0 Å². The van der Waals surface area contributed by atoms with Crippen molar-refractivity contribution in [1.29, 1.82) is 5.26 Å². The van der Waals surface area contributed by atoms with Gasteiger partial charge in [0.15, 0.2) is 0 Å². The molecular weight excluding hydrogens is 482 g/mol. The van der Waals surface area contributed by atoms with Crippen LogP contribution in [0.5, 0.6) is 0 Å². The predicted octanol–water partition coefficient (Wildman–Crippen LogP) is 3.29. The molecule has 5 rings (SSSR count). The third-order valence-electron chi connectivity index (χ3n) is 6.14. The summed E-state index contributed by atoms with van der Waals surface area (Å²) in [7, 11) is 1.44. The molecule has 0 unspecified atom stereocenters. The van der Waals surface area contributed by atoms with Crippen molar-refractivity contribution >= 4 is 17.7 Å². The first kappa shape index (κ1) is 25.0. The van der Waals surface area contributed by atoms with Crippen LogP contribution in [0.25, 0.3) is 22.6 Å². The number of anilines is 2. The number of piperidine rings is 1. The lowest BCUT2D eigenvalue weighted by Gasteiger charge is -2.27. The minimum atomic E-state index is -0.385. The Morgan fingerprint density at radius 3 is 2.66 bits per heavy atom. The van der Waals surface area contributed by atoms with Crippen molar-refractivity contribution < 1.29 is 9.53 Å². The van der Waals surface area contributed by atoms with Crippen LogP contribution in [0.15, 0.2) is 54.7 Å². The maximum atomic E-state index is 12.2. The van der Waals surface area contributed by atoms with Gasteiger partial charge in [-0.05, 0) is 49.6 Å². The SMILES string of the molecule is COCC(=O)Nc1nc(-c2cccc(C#N)c2)cc(-c2cn(Cc3cccc(N4CCCCC4)n3)nn2)n1. The van der Waals surface area contributed by atoms with Crippen LogP contribution in [0.1, 0.15) is 30.5 Å². The van der Waals surface area contributed by atoms with Gasteiger partial charge in [0.05, 0.1) is 41.5 Å². The van der Waals surface area contributed by atoms with Gasteiger partial charge in [-0.15, -0.1) is 5.10 Å². The smallest absolute Gasteiger partial charge is 0.252 e. The Kier molecular flexibility index (Phi) is 7.61. The summed E-state index contributed by atoms with van der Waals surface area (Å²) in [4.78, 5) is 28.3. The zero-order chi connectivity index (χ0) is 26.3. The van der Waals surface area contributed by atoms with Crippen LogP contribution < -0.4 is 10.2 Å². The number of carbonyl (C=O) groups is 1. The van der Waals surface area contributed by atoms with E-state index in [2.05, 4.69) is 36.6 Å². The summed E-state index contributed by atoms with van der Waals surface area (Å²) in [6.45, 7) is 2.38. The summed E-state index contributed by atoms with van der Waals surface area (Å²) < 4.78 is 6.61. The molecule has 11 heteroatoms. The second-order valence-corrected chi connectivity index (χ2v) is 8.97. The average Bonchev–Trinajstić information content (AvgIpc) is 3.42. The second kappa shape index (κ2) is 11.6. The van der Waals surface area contributed by atoms with Crippen molar-refractivity contribution in [2.75, 3.05) is 37.0 Å². The molecule has 1 fully saturated rings. The third-order valence-corrected chi connectivity index (χ3v) is 6.14. The number of aromatic nitrogens is 6. The number of ether oxygens (including phenoxy) is 1. The van der Waals surface area contributed by atoms with Gasteiger partial charge < -0.3 is 9.64 Å². The molecule has 1 aliphatic rings. The molecule has 0 radical (unpaired) electrons. The highest BCUT2D eigenvalue weighted by molar-refractivity contribution is 5.90. The van der Waals surface area contributed by atoms with Gasteiger partial charge in [0.25, 0.3) is 5.91 Å². The molecule has 1 saturated heterocycles. The van der Waals surface area contributed by atoms with Crippen molar-refractivity contribution in [2.24, 2.45) is 0 Å². The number of carbonyl (C=O) groups excluding carboxylic acids is 1. The number of methoxy groups -OCH3 is 1. The molecule has 4 aromatic rings. The van der Waals surface area contributed by atoms with Gasteiger partial charge in [-0.3, -0.25) is 10.1 Å². The van der Waals surface area contributed by atoms with Gasteiger partial charge >= 0.3 is 0 Å². The van der Waals surface area contributed by atoms with Crippen molar-refractivity contribution in [1.82, 2.24) is 29.9 Å². The molecule has 1 aliphatic heterocycles. The first-order valence-electron chi connectivity index (χ1n) is 12.4. The van der Waals surface area contributed by atoms with Crippen LogP contribution in [0, 0.1) is 11.3 Å². The molecule has 0 bridgehead atoms. The van der Waals surface area contributed by atoms with Crippen LogP contribution in [-0.4, -0.2) is 62.7 Å². The molecule has 1 N–H and O–H groups in total. The quantitative estimate of drug-likeness (QED) is 0.379. The number of hydrogen-bond donors (Lipinski definition) is 1. The summed E-state index contributed by atoms with van der Waals surface area (Å²) in [5.74, 6) is 0.705. The maximum Gasteiger partial charge on any atom is 0.252 e. The topological polar surface area (TPSA) is 135 Å². The molecule has 3 aromatic heterocycles. The van der Waals surface area contributed by atoms with Crippen molar-refractivity contribution in [3.05, 3.63) is 66.0 Å². The largest absolute Gasteiger partial charge is 0.375 e. The fraction of sp³-hybridized carbons (Fsp3) is 0.296. The van der Waals surface area contributed by atoms with Gasteiger partial charge in [-0.25, -0.2) is 19.6 Å². The summed E-state index contributed by atoms with van der Waals surface area (Å²) in [5, 5.41) is 20.6. The van der Waals surface area contributed by atoms with Crippen LogP contribution in [0.4, 0.5) is 11.8 Å². The van der Waals surface area contributed by atoms with Crippen molar-refractivity contribution in [2.45, 2.75) is 25.8 Å². The monoisotopic (exact) mass is 509 g/mol. The van der Waals surface area contributed by atoms with E-state index < -0.39 is 0 Å². The van der Waals surface area contributed by atoms with Crippen LogP contribution >= 0.6 is 0 Å². The third kappa shape index (κ3) is 5.99. The number of amides is 1. The molecule has 192 valence electrons. The van der Waals surface area contributed by atoms with E-state index >= 15 is 0 Å². The molecule has 0 saturated carbocycles. The standard InChI is InChI=1S/C27H27N9O2/c1-38-18-26(37)32-27-30-22(20-8-5-7-19(13-20)15-28)14-23(31-27)24-17-36(34-33-24)16-21-9-6-10-25(29-21)35-11-3-2-4-12-35/h5-10,13-14,17H,2-4,11-12,16,18H2,1H3,(H,30,31,32,37). The molecule has 1 amide bonds. The normalized spacial score (nSPS) is 13.2. The van der Waals surface area contributed by atoms with E-state index in [0.717, 1.165) is 24.6 Å². The predicted molar refractivity (Wildman–Crippen MR) is 141 cm³/mol. The number of pyridine rings is 1. The lowest BCUT2D eigenvalue weighted by Crippen LogP contribution is -2.30. The number of hydrogen-bond acceptors (Lipinski definition) is 9. The highest BCUT2D eigenvalue weighted by Crippen LogP contribution is 2.25. The van der Waals surface area contributed by atoms with Gasteiger partial charge in [0.2, 0.25) is 5.95 Å². The number of nitrogens with one attached hydrogen (secondary N) is 1. The lowest BCUT2D eigenvalue weighted by molar-refractivity contribution is -0.119. The Hall–Kier alpha value is -4.69. The summed E-state index contributed by atoms with van der Waals surface area (Å²) in [6, 6.07) is 17.0. The van der Waals surface area contributed by atoms with E-state index in [9.17, 15) is 10.1 Å². The molecule has 0 spiro atoms. The molecule has 0 aliphatic carbocycles. The number of rotatable bonds is 8. The molecule has 4 heterocycles. The van der Waals surface area contributed by atoms with Crippen LogP contribution in [-0.2, 0) is 16.1 Å². The summed E-state index contributed by atoms with van der Waals surface area (Å²) in [5.41, 5.74) is 3.61. The zero-order valence-corrected chi connectivity index (χ0v) is 21.0. The second-order valence-electron chi connectivity index (χ2n) is 8.97. The fourth-order valence-corrected chi connectivity index (χ4v) is 4.34. The molecule has 11 nitrogen and oxygen atoms in total. The number of nitriles is 1. The number of nitrogens with zero attached hydrogens (tertiary/aromatic N) is 8. The first-order chi connectivity index (χ1) is 18.6. The van der Waals surface area contributed by atoms with Gasteiger partial charge in [0, 0.05) is 25.8 Å². The molecule has 0 atom stereocenters. The van der Waals surface area contributed by atoms with Gasteiger partial charge in [0.1, 0.15) is 18.1 Å². The number of benzene rings is 1. The Labute approximate surface area is 220 Å². The minimum absolute atomic E-state index is 0.104. The molecule has 1 aromatic carbocycles. The zero-order valence-electron chi connectivity index (χ0n) is 21.0. The summed E-state index contributed by atoms with van der Waals surface area (Å²) >= 11 is 0. The molecule has 38 heavy (non-hydrogen) atoms. The van der Waals surface area contributed by atoms with E-state index in [0.29, 0.717) is 34.8 Å². The first-order valence-corrected chi connectivity index (χ1v) is 12.4. The van der Waals surface area contributed by atoms with E-state index in [-0.39, 0.29) is 18.5 Å². The van der Waals surface area contributed by atoms with E-state index in [1.807, 2.05) is 24.3 Å². The summed E-state index contributed by atoms with van der Waals surface area (Å²) in [6.07, 6.45) is 5.43. The van der Waals surface area contributed by atoms with Gasteiger partial charge in [-0.1, -0.05) is 23.4 Å². The van der Waals surface area contributed by atoms with E-state index in [4.69, 9.17) is 9.72 Å². The maximum absolute atomic E-state index is 12.2. The highest BCUT2D eigenvalue weighted by atomic mass is 16.5. The van der Waals surface area contributed by atoms with Crippen LogP contribution in [0.3, 0.4) is 0 Å². The Balaban J connectivity index is 1.42. The highest BCUT2D eigenvalue weighted by Gasteiger charge is 2.15. The fourth-order valence-electron chi connectivity index (χ4n) is 4.34. The molecular formula is C27H27N9O2. The Bertz CT molecular complexity index is 1470. The van der Waals surface area contributed by atoms with E-state index in [1.165, 1.54) is 26.4 Å². The lowest BCUT2D eigenvalue weighted by atomic mass is 10.1. The van der Waals surface area contributed by atoms with Crippen molar-refractivity contribution in [3.8, 4) is 28.7 Å². The average molecular weight is 510 g/mol. The van der Waals surface area contributed by atoms with E-state index in [1.54, 1.807) is 35.1 Å². The van der Waals surface area contributed by atoms with Crippen molar-refractivity contribution in [3.63, 3.8) is 0 Å².